The fourth-order valence-electron chi connectivity index (χ4n) is 4.35. The van der Waals surface area contributed by atoms with Gasteiger partial charge in [0.2, 0.25) is 0 Å². The molecule has 12 heteroatoms. The molecule has 2 aromatic carbocycles. The molecule has 2 N–H and O–H groups in total. The molecule has 0 aromatic heterocycles. The SMILES string of the molecule is CN1CCN(Cc2ccc(NC(=O)Nc3ccc(B4OC(C)(C)C(C)(C)O4)cc3F)cc2C(F)(F)F)CC1. The summed E-state index contributed by atoms with van der Waals surface area (Å²) in [6.45, 7) is 10.6. The highest BCUT2D eigenvalue weighted by Crippen LogP contribution is 2.37. The number of hydrogen-bond acceptors (Lipinski definition) is 5. The number of carbonyl (C=O) groups excluding carboxylic acids is 1. The Balaban J connectivity index is 1.43. The summed E-state index contributed by atoms with van der Waals surface area (Å²) in [5, 5.41) is 4.72. The second-order valence-electron chi connectivity index (χ2n) is 10.9. The van der Waals surface area contributed by atoms with Crippen LogP contribution in [-0.4, -0.2) is 67.4 Å². The Morgan fingerprint density at radius 3 is 2.18 bits per heavy atom. The first kappa shape index (κ1) is 28.3. The molecule has 2 aromatic rings. The molecular formula is C26H33BF4N4O3. The molecule has 2 aliphatic rings. The largest absolute Gasteiger partial charge is 0.494 e. The van der Waals surface area contributed by atoms with Crippen molar-refractivity contribution < 1.29 is 31.7 Å². The molecule has 206 valence electrons. The summed E-state index contributed by atoms with van der Waals surface area (Å²) in [6.07, 6.45) is -4.59. The van der Waals surface area contributed by atoms with E-state index in [-0.39, 0.29) is 23.5 Å². The minimum Gasteiger partial charge on any atom is -0.399 e. The van der Waals surface area contributed by atoms with Crippen molar-refractivity contribution in [2.75, 3.05) is 43.9 Å². The molecule has 2 heterocycles. The fourth-order valence-corrected chi connectivity index (χ4v) is 4.35. The summed E-state index contributed by atoms with van der Waals surface area (Å²) in [5.41, 5.74) is -1.61. The van der Waals surface area contributed by atoms with Crippen molar-refractivity contribution in [3.8, 4) is 0 Å². The third kappa shape index (κ3) is 6.31. The summed E-state index contributed by atoms with van der Waals surface area (Å²) in [7, 11) is 1.20. The van der Waals surface area contributed by atoms with E-state index in [0.29, 0.717) is 18.6 Å². The number of likely N-dealkylation sites (N-methyl/N-ethyl adjacent to an activating group) is 1. The average Bonchev–Trinajstić information content (AvgIpc) is 3.03. The van der Waals surface area contributed by atoms with Gasteiger partial charge in [-0.25, -0.2) is 9.18 Å². The first-order chi connectivity index (χ1) is 17.6. The molecule has 7 nitrogen and oxygen atoms in total. The van der Waals surface area contributed by atoms with Crippen molar-refractivity contribution in [1.29, 1.82) is 0 Å². The van der Waals surface area contributed by atoms with Crippen LogP contribution in [0.4, 0.5) is 33.7 Å². The van der Waals surface area contributed by atoms with Gasteiger partial charge >= 0.3 is 19.3 Å². The fraction of sp³-hybridized carbons (Fsp3) is 0.500. The lowest BCUT2D eigenvalue weighted by Crippen LogP contribution is -2.44. The van der Waals surface area contributed by atoms with E-state index in [9.17, 15) is 22.4 Å². The maximum atomic E-state index is 14.8. The van der Waals surface area contributed by atoms with Gasteiger partial charge in [0.05, 0.1) is 22.5 Å². The molecule has 0 aliphatic carbocycles. The van der Waals surface area contributed by atoms with Crippen molar-refractivity contribution in [3.05, 3.63) is 53.3 Å². The highest BCUT2D eigenvalue weighted by Gasteiger charge is 2.51. The van der Waals surface area contributed by atoms with Crippen LogP contribution in [0.5, 0.6) is 0 Å². The zero-order chi connectivity index (χ0) is 27.9. The lowest BCUT2D eigenvalue weighted by Gasteiger charge is -2.33. The number of halogens is 4. The minimum atomic E-state index is -4.59. The van der Waals surface area contributed by atoms with Gasteiger partial charge in [0.25, 0.3) is 0 Å². The van der Waals surface area contributed by atoms with E-state index in [2.05, 4.69) is 15.5 Å². The Kier molecular flexibility index (Phi) is 7.82. The number of nitrogens with one attached hydrogen (secondary N) is 2. The number of nitrogens with zero attached hydrogens (tertiary/aromatic N) is 2. The number of piperazine rings is 1. The van der Waals surface area contributed by atoms with Crippen molar-refractivity contribution in [2.24, 2.45) is 0 Å². The molecule has 0 spiro atoms. The van der Waals surface area contributed by atoms with Gasteiger partial charge in [-0.1, -0.05) is 12.1 Å². The maximum Gasteiger partial charge on any atom is 0.494 e. The van der Waals surface area contributed by atoms with Gasteiger partial charge in [0.1, 0.15) is 5.82 Å². The van der Waals surface area contributed by atoms with Gasteiger partial charge in [0.15, 0.2) is 0 Å². The Morgan fingerprint density at radius 1 is 0.974 bits per heavy atom. The van der Waals surface area contributed by atoms with Crippen LogP contribution < -0.4 is 16.1 Å². The molecule has 0 saturated carbocycles. The third-order valence-electron chi connectivity index (χ3n) is 7.43. The lowest BCUT2D eigenvalue weighted by molar-refractivity contribution is -0.138. The second-order valence-corrected chi connectivity index (χ2v) is 10.9. The van der Waals surface area contributed by atoms with Gasteiger partial charge < -0.3 is 24.8 Å². The van der Waals surface area contributed by atoms with Crippen molar-refractivity contribution in [3.63, 3.8) is 0 Å². The van der Waals surface area contributed by atoms with E-state index in [1.54, 1.807) is 6.07 Å². The van der Waals surface area contributed by atoms with Crippen molar-refractivity contribution in [2.45, 2.75) is 51.6 Å². The van der Waals surface area contributed by atoms with Crippen LogP contribution in [-0.2, 0) is 22.0 Å². The Bertz CT molecular complexity index is 1170. The summed E-state index contributed by atoms with van der Waals surface area (Å²) >= 11 is 0. The van der Waals surface area contributed by atoms with Gasteiger partial charge in [0, 0.05) is 38.4 Å². The van der Waals surface area contributed by atoms with Crippen LogP contribution >= 0.6 is 0 Å². The first-order valence-corrected chi connectivity index (χ1v) is 12.5. The number of hydrogen-bond donors (Lipinski definition) is 2. The molecule has 2 fully saturated rings. The molecule has 2 amide bonds. The molecule has 4 rings (SSSR count). The molecule has 0 radical (unpaired) electrons. The van der Waals surface area contributed by atoms with Gasteiger partial charge in [-0.05, 0) is 70.0 Å². The van der Waals surface area contributed by atoms with E-state index in [4.69, 9.17) is 9.31 Å². The maximum absolute atomic E-state index is 14.8. The number of carbonyl (C=O) groups is 1. The predicted molar refractivity (Wildman–Crippen MR) is 139 cm³/mol. The van der Waals surface area contributed by atoms with Crippen LogP contribution in [0.1, 0.15) is 38.8 Å². The molecule has 0 atom stereocenters. The van der Waals surface area contributed by atoms with E-state index < -0.39 is 41.9 Å². The third-order valence-corrected chi connectivity index (χ3v) is 7.43. The standard InChI is InChI=1S/C26H33BF4N4O3/c1-24(2)25(3,4)38-27(37-24)18-7-9-22(21(28)14-18)33-23(36)32-19-8-6-17(20(15-19)26(29,30)31)16-35-12-10-34(5)11-13-35/h6-9,14-15H,10-13,16H2,1-5H3,(H2,32,33,36). The number of benzene rings is 2. The monoisotopic (exact) mass is 536 g/mol. The zero-order valence-corrected chi connectivity index (χ0v) is 22.2. The number of anilines is 2. The molecule has 0 bridgehead atoms. The highest BCUT2D eigenvalue weighted by molar-refractivity contribution is 6.62. The molecule has 2 aliphatic heterocycles. The van der Waals surface area contributed by atoms with E-state index in [1.807, 2.05) is 39.6 Å². The van der Waals surface area contributed by atoms with Crippen LogP contribution in [0.25, 0.3) is 0 Å². The quantitative estimate of drug-likeness (QED) is 0.434. The summed E-state index contributed by atoms with van der Waals surface area (Å²) in [4.78, 5) is 16.6. The number of amides is 2. The number of alkyl halides is 3. The molecule has 2 saturated heterocycles. The van der Waals surface area contributed by atoms with Crippen LogP contribution in [0.3, 0.4) is 0 Å². The number of rotatable bonds is 5. The molecule has 38 heavy (non-hydrogen) atoms. The Hall–Kier alpha value is -2.67. The van der Waals surface area contributed by atoms with Crippen LogP contribution in [0, 0.1) is 5.82 Å². The van der Waals surface area contributed by atoms with Gasteiger partial charge in [-0.15, -0.1) is 0 Å². The van der Waals surface area contributed by atoms with E-state index in [0.717, 1.165) is 19.2 Å². The Labute approximate surface area is 220 Å². The minimum absolute atomic E-state index is 0.0498. The highest BCUT2D eigenvalue weighted by atomic mass is 19.4. The summed E-state index contributed by atoms with van der Waals surface area (Å²) in [5.74, 6) is -0.731. The summed E-state index contributed by atoms with van der Waals surface area (Å²) in [6, 6.07) is 6.95. The van der Waals surface area contributed by atoms with Crippen LogP contribution in [0.2, 0.25) is 0 Å². The topological polar surface area (TPSA) is 66.1 Å². The van der Waals surface area contributed by atoms with Gasteiger partial charge in [-0.2, -0.15) is 13.2 Å². The van der Waals surface area contributed by atoms with Gasteiger partial charge in [-0.3, -0.25) is 4.90 Å². The number of urea groups is 1. The second kappa shape index (κ2) is 10.5. The lowest BCUT2D eigenvalue weighted by atomic mass is 9.79. The van der Waals surface area contributed by atoms with E-state index in [1.165, 1.54) is 24.3 Å². The van der Waals surface area contributed by atoms with Crippen molar-refractivity contribution >= 4 is 30.0 Å². The first-order valence-electron chi connectivity index (χ1n) is 12.5. The van der Waals surface area contributed by atoms with Crippen LogP contribution in [0.15, 0.2) is 36.4 Å². The average molecular weight is 536 g/mol. The molecular weight excluding hydrogens is 503 g/mol. The summed E-state index contributed by atoms with van der Waals surface area (Å²) < 4.78 is 68.1. The predicted octanol–water partition coefficient (Wildman–Crippen LogP) is 4.54. The smallest absolute Gasteiger partial charge is 0.399 e. The van der Waals surface area contributed by atoms with E-state index >= 15 is 0 Å². The zero-order valence-electron chi connectivity index (χ0n) is 22.2. The Morgan fingerprint density at radius 2 is 1.61 bits per heavy atom. The molecule has 0 unspecified atom stereocenters. The normalized spacial score (nSPS) is 20.0. The van der Waals surface area contributed by atoms with Crippen molar-refractivity contribution in [1.82, 2.24) is 9.80 Å².